The molecule has 1 aliphatic rings. The van der Waals surface area contributed by atoms with Crippen LogP contribution in [0.4, 0.5) is 0 Å². The van der Waals surface area contributed by atoms with Gasteiger partial charge in [-0.3, -0.25) is 0 Å². The lowest BCUT2D eigenvalue weighted by molar-refractivity contribution is 0.320. The molecular weight excluding hydrogens is 276 g/mol. The third-order valence-corrected chi connectivity index (χ3v) is 3.13. The van der Waals surface area contributed by atoms with E-state index in [1.54, 1.807) is 37.5 Å². The van der Waals surface area contributed by atoms with Crippen LogP contribution in [0, 0.1) is 11.3 Å². The number of oxime groups is 1. The molecule has 1 N–H and O–H groups in total. The number of benzene rings is 1. The van der Waals surface area contributed by atoms with Gasteiger partial charge < -0.3 is 9.94 Å². The van der Waals surface area contributed by atoms with Gasteiger partial charge in [0.1, 0.15) is 17.5 Å². The molecule has 0 bridgehead atoms. The number of methoxy groups -OCH3 is 1. The lowest BCUT2D eigenvalue weighted by atomic mass is 9.96. The van der Waals surface area contributed by atoms with Crippen molar-refractivity contribution in [2.24, 2.45) is 5.16 Å². The van der Waals surface area contributed by atoms with Gasteiger partial charge in [-0.2, -0.15) is 5.26 Å². The largest absolute Gasteiger partial charge is 0.496 e. The van der Waals surface area contributed by atoms with Gasteiger partial charge in [-0.25, -0.2) is 0 Å². The number of hydrogen-bond acceptors (Lipinski definition) is 4. The topological polar surface area (TPSA) is 65.6 Å². The highest BCUT2D eigenvalue weighted by molar-refractivity contribution is 6.46. The van der Waals surface area contributed by atoms with E-state index in [2.05, 4.69) is 11.2 Å². The van der Waals surface area contributed by atoms with Crippen molar-refractivity contribution in [2.45, 2.75) is 0 Å². The number of para-hydroxylation sites is 1. The van der Waals surface area contributed by atoms with E-state index in [-0.39, 0.29) is 10.7 Å². The molecule has 1 aromatic carbocycles. The number of nitriles is 1. The monoisotopic (exact) mass is 286 g/mol. The van der Waals surface area contributed by atoms with Gasteiger partial charge in [-0.1, -0.05) is 35.0 Å². The smallest absolute Gasteiger partial charge is 0.127 e. The quantitative estimate of drug-likeness (QED) is 0.514. The predicted octanol–water partition coefficient (Wildman–Crippen LogP) is 3.50. The number of hydrogen-bond donors (Lipinski definition) is 1. The molecule has 1 aliphatic carbocycles. The van der Waals surface area contributed by atoms with E-state index in [1.807, 2.05) is 12.1 Å². The van der Waals surface area contributed by atoms with Gasteiger partial charge in [0.05, 0.1) is 17.7 Å². The molecule has 1 aromatic rings. The summed E-state index contributed by atoms with van der Waals surface area (Å²) in [5, 5.41) is 21.5. The maximum Gasteiger partial charge on any atom is 0.127 e. The Labute approximate surface area is 121 Å². The zero-order chi connectivity index (χ0) is 14.5. The summed E-state index contributed by atoms with van der Waals surface area (Å²) in [5.74, 6) is 0.607. The molecule has 0 atom stereocenters. The average molecular weight is 287 g/mol. The van der Waals surface area contributed by atoms with Crippen molar-refractivity contribution in [3.05, 3.63) is 58.7 Å². The molecule has 0 fully saturated rings. The summed E-state index contributed by atoms with van der Waals surface area (Å²) in [4.78, 5) is 0. The highest BCUT2D eigenvalue weighted by atomic mass is 35.5. The third-order valence-electron chi connectivity index (χ3n) is 2.83. The molecule has 0 amide bonds. The fourth-order valence-electron chi connectivity index (χ4n) is 1.87. The Morgan fingerprint density at radius 2 is 2.10 bits per heavy atom. The maximum atomic E-state index is 9.41. The molecule has 20 heavy (non-hydrogen) atoms. The van der Waals surface area contributed by atoms with Crippen molar-refractivity contribution in [3.63, 3.8) is 0 Å². The maximum absolute atomic E-state index is 9.41. The number of ether oxygens (including phenoxy) is 1. The SMILES string of the molecule is COc1ccccc1C(C#N)=C1C=CC(=NO)C(Cl)=C1. The van der Waals surface area contributed by atoms with Crippen molar-refractivity contribution in [2.75, 3.05) is 7.11 Å². The van der Waals surface area contributed by atoms with Crippen LogP contribution < -0.4 is 4.74 Å². The highest BCUT2D eigenvalue weighted by Gasteiger charge is 2.15. The van der Waals surface area contributed by atoms with Gasteiger partial charge in [0, 0.05) is 5.56 Å². The van der Waals surface area contributed by atoms with Crippen molar-refractivity contribution in [1.82, 2.24) is 0 Å². The standard InChI is InChI=1S/C15H11ClN2O2/c1-20-15-5-3-2-4-11(15)12(9-17)10-6-7-14(18-19)13(16)8-10/h2-8,19H,1H3. The summed E-state index contributed by atoms with van der Waals surface area (Å²) in [7, 11) is 1.55. The molecule has 5 heteroatoms. The fraction of sp³-hybridized carbons (Fsp3) is 0.0667. The second kappa shape index (κ2) is 6.09. The Balaban J connectivity index is 2.59. The molecule has 0 aromatic heterocycles. The summed E-state index contributed by atoms with van der Waals surface area (Å²) < 4.78 is 5.26. The Morgan fingerprint density at radius 3 is 2.70 bits per heavy atom. The van der Waals surface area contributed by atoms with Gasteiger partial charge in [0.25, 0.3) is 0 Å². The fourth-order valence-corrected chi connectivity index (χ4v) is 2.09. The van der Waals surface area contributed by atoms with Gasteiger partial charge in [-0.15, -0.1) is 0 Å². The molecular formula is C15H11ClN2O2. The van der Waals surface area contributed by atoms with Gasteiger partial charge in [0.15, 0.2) is 0 Å². The first kappa shape index (κ1) is 13.9. The average Bonchev–Trinajstić information content (AvgIpc) is 2.49. The summed E-state index contributed by atoms with van der Waals surface area (Å²) >= 11 is 5.98. The molecule has 0 saturated carbocycles. The minimum Gasteiger partial charge on any atom is -0.496 e. The van der Waals surface area contributed by atoms with E-state index in [0.717, 1.165) is 0 Å². The minimum atomic E-state index is 0.257. The van der Waals surface area contributed by atoms with Crippen molar-refractivity contribution >= 4 is 22.9 Å². The molecule has 100 valence electrons. The van der Waals surface area contributed by atoms with Crippen LogP contribution in [0.5, 0.6) is 5.75 Å². The van der Waals surface area contributed by atoms with Crippen LogP contribution >= 0.6 is 11.6 Å². The molecule has 0 heterocycles. The Kier molecular flexibility index (Phi) is 4.24. The van der Waals surface area contributed by atoms with Crippen LogP contribution in [0.15, 0.2) is 58.3 Å². The van der Waals surface area contributed by atoms with E-state index < -0.39 is 0 Å². The number of allylic oxidation sites excluding steroid dienone is 6. The first-order chi connectivity index (χ1) is 9.71. The van der Waals surface area contributed by atoms with E-state index in [0.29, 0.717) is 22.5 Å². The Bertz CT molecular complexity index is 694. The molecule has 0 aliphatic heterocycles. The first-order valence-electron chi connectivity index (χ1n) is 5.76. The van der Waals surface area contributed by atoms with Crippen LogP contribution in [-0.2, 0) is 0 Å². The van der Waals surface area contributed by atoms with Gasteiger partial charge >= 0.3 is 0 Å². The Hall–Kier alpha value is -2.51. The highest BCUT2D eigenvalue weighted by Crippen LogP contribution is 2.30. The van der Waals surface area contributed by atoms with Crippen molar-refractivity contribution in [1.29, 1.82) is 5.26 Å². The van der Waals surface area contributed by atoms with Crippen LogP contribution in [0.3, 0.4) is 0 Å². The van der Waals surface area contributed by atoms with Crippen molar-refractivity contribution < 1.29 is 9.94 Å². The van der Waals surface area contributed by atoms with Gasteiger partial charge in [-0.05, 0) is 29.9 Å². The van der Waals surface area contributed by atoms with Gasteiger partial charge in [0.2, 0.25) is 0 Å². The first-order valence-corrected chi connectivity index (χ1v) is 6.14. The molecule has 0 unspecified atom stereocenters. The second-order valence-electron chi connectivity index (χ2n) is 3.95. The zero-order valence-corrected chi connectivity index (χ0v) is 11.4. The van der Waals surface area contributed by atoms with Crippen LogP contribution in [0.25, 0.3) is 5.57 Å². The van der Waals surface area contributed by atoms with Crippen LogP contribution in [0.1, 0.15) is 5.56 Å². The van der Waals surface area contributed by atoms with E-state index in [4.69, 9.17) is 21.5 Å². The summed E-state index contributed by atoms with van der Waals surface area (Å²) in [6, 6.07) is 9.40. The Morgan fingerprint density at radius 1 is 1.35 bits per heavy atom. The number of halogens is 1. The minimum absolute atomic E-state index is 0.257. The predicted molar refractivity (Wildman–Crippen MR) is 77.8 cm³/mol. The van der Waals surface area contributed by atoms with E-state index in [1.165, 1.54) is 0 Å². The van der Waals surface area contributed by atoms with E-state index >= 15 is 0 Å². The van der Waals surface area contributed by atoms with Crippen LogP contribution in [0.2, 0.25) is 0 Å². The normalized spacial score (nSPS) is 18.4. The third kappa shape index (κ3) is 2.58. The molecule has 0 spiro atoms. The summed E-state index contributed by atoms with van der Waals surface area (Å²) in [5.41, 5.74) is 2.01. The molecule has 0 saturated heterocycles. The van der Waals surface area contributed by atoms with Crippen molar-refractivity contribution in [3.8, 4) is 11.8 Å². The summed E-state index contributed by atoms with van der Waals surface area (Å²) in [6.45, 7) is 0. The second-order valence-corrected chi connectivity index (χ2v) is 4.36. The molecule has 4 nitrogen and oxygen atoms in total. The number of nitrogens with zero attached hydrogens (tertiary/aromatic N) is 2. The zero-order valence-electron chi connectivity index (χ0n) is 10.7. The summed E-state index contributed by atoms with van der Waals surface area (Å²) in [6.07, 6.45) is 4.80. The number of rotatable bonds is 2. The lowest BCUT2D eigenvalue weighted by Gasteiger charge is -2.11. The lowest BCUT2D eigenvalue weighted by Crippen LogP contribution is -2.01. The molecule has 2 rings (SSSR count). The van der Waals surface area contributed by atoms with E-state index in [9.17, 15) is 5.26 Å². The van der Waals surface area contributed by atoms with Crippen LogP contribution in [-0.4, -0.2) is 18.0 Å². The molecule has 0 radical (unpaired) electrons.